The minimum absolute atomic E-state index is 0.168. The van der Waals surface area contributed by atoms with Gasteiger partial charge in [-0.2, -0.15) is 0 Å². The molecule has 0 aliphatic rings. The minimum atomic E-state index is -0.485. The van der Waals surface area contributed by atoms with Gasteiger partial charge in [0.15, 0.2) is 0 Å². The number of carbonyl (C=O) groups excluding carboxylic acids is 2. The zero-order valence-corrected chi connectivity index (χ0v) is 15.1. The van der Waals surface area contributed by atoms with Crippen molar-refractivity contribution in [2.24, 2.45) is 0 Å². The van der Waals surface area contributed by atoms with E-state index in [1.165, 1.54) is 18.0 Å². The summed E-state index contributed by atoms with van der Waals surface area (Å²) in [5, 5.41) is 0.637. The van der Waals surface area contributed by atoms with Gasteiger partial charge in [0.1, 0.15) is 12.4 Å². The number of benzene rings is 2. The normalized spacial score (nSPS) is 10.6. The van der Waals surface area contributed by atoms with Gasteiger partial charge in [-0.15, -0.1) is 0 Å². The molecule has 1 amide bonds. The van der Waals surface area contributed by atoms with Gasteiger partial charge in [-0.3, -0.25) is 9.59 Å². The van der Waals surface area contributed by atoms with Crippen molar-refractivity contribution in [3.63, 3.8) is 0 Å². The lowest BCUT2D eigenvalue weighted by molar-refractivity contribution is -0.143. The fourth-order valence-corrected chi connectivity index (χ4v) is 2.84. The average Bonchev–Trinajstić information content (AvgIpc) is 2.67. The molecule has 138 valence electrons. The predicted molar refractivity (Wildman–Crippen MR) is 101 cm³/mol. The number of halogens is 1. The number of likely N-dealkylation sites (N-methyl/N-ethyl adjacent to an activating group) is 1. The number of hydrogen-bond acceptors (Lipinski definition) is 4. The van der Waals surface area contributed by atoms with Gasteiger partial charge in [-0.05, 0) is 31.2 Å². The molecule has 2 aromatic carbocycles. The van der Waals surface area contributed by atoms with Crippen LogP contribution in [0, 0.1) is 5.82 Å². The highest BCUT2D eigenvalue weighted by Crippen LogP contribution is 2.27. The zero-order valence-electron chi connectivity index (χ0n) is 15.1. The number of rotatable bonds is 5. The van der Waals surface area contributed by atoms with Crippen LogP contribution in [0.25, 0.3) is 22.2 Å². The summed E-state index contributed by atoms with van der Waals surface area (Å²) in [5.41, 5.74) is 1.60. The number of amides is 1. The fraction of sp³-hybridized carbons (Fsp3) is 0.190. The van der Waals surface area contributed by atoms with E-state index in [0.29, 0.717) is 27.7 Å². The van der Waals surface area contributed by atoms with Crippen LogP contribution in [0.2, 0.25) is 0 Å². The van der Waals surface area contributed by atoms with Crippen molar-refractivity contribution in [1.29, 1.82) is 0 Å². The molecule has 5 nitrogen and oxygen atoms in total. The van der Waals surface area contributed by atoms with E-state index in [4.69, 9.17) is 4.74 Å². The topological polar surface area (TPSA) is 59.5 Å². The maximum Gasteiger partial charge on any atom is 0.325 e. The quantitative estimate of drug-likeness (QED) is 0.647. The summed E-state index contributed by atoms with van der Waals surface area (Å²) in [7, 11) is 1.53. The summed E-state index contributed by atoms with van der Waals surface area (Å²) < 4.78 is 19.1. The SMILES string of the molecule is CCOC(=O)CN(C)C(=O)c1cc(-c2ccccc2F)nc2ccccc12. The average molecular weight is 366 g/mol. The van der Waals surface area contributed by atoms with Crippen molar-refractivity contribution >= 4 is 22.8 Å². The Morgan fingerprint density at radius 2 is 1.81 bits per heavy atom. The zero-order chi connectivity index (χ0) is 19.4. The summed E-state index contributed by atoms with van der Waals surface area (Å²) in [4.78, 5) is 30.5. The van der Waals surface area contributed by atoms with E-state index in [9.17, 15) is 14.0 Å². The highest BCUT2D eigenvalue weighted by atomic mass is 19.1. The lowest BCUT2D eigenvalue weighted by atomic mass is 10.0. The van der Waals surface area contributed by atoms with Crippen molar-refractivity contribution in [2.75, 3.05) is 20.2 Å². The van der Waals surface area contributed by atoms with Crippen molar-refractivity contribution in [3.05, 3.63) is 66.0 Å². The maximum atomic E-state index is 14.2. The molecule has 3 aromatic rings. The Labute approximate surface area is 156 Å². The van der Waals surface area contributed by atoms with E-state index in [2.05, 4.69) is 4.98 Å². The van der Waals surface area contributed by atoms with Crippen LogP contribution in [-0.4, -0.2) is 42.0 Å². The Hall–Kier alpha value is -3.28. The summed E-state index contributed by atoms with van der Waals surface area (Å²) >= 11 is 0. The molecule has 0 atom stereocenters. The van der Waals surface area contributed by atoms with Crippen molar-refractivity contribution in [2.45, 2.75) is 6.92 Å². The monoisotopic (exact) mass is 366 g/mol. The first kappa shape index (κ1) is 18.5. The number of pyridine rings is 1. The van der Waals surface area contributed by atoms with Gasteiger partial charge < -0.3 is 9.64 Å². The molecule has 0 spiro atoms. The Bertz CT molecular complexity index is 1000. The molecule has 0 radical (unpaired) electrons. The molecule has 0 bridgehead atoms. The number of carbonyl (C=O) groups is 2. The molecule has 27 heavy (non-hydrogen) atoms. The Morgan fingerprint density at radius 3 is 2.56 bits per heavy atom. The standard InChI is InChI=1S/C21H19FN2O3/c1-3-27-20(25)13-24(2)21(26)16-12-19(15-9-4-6-10-17(15)22)23-18-11-7-5-8-14(16)18/h4-12H,3,13H2,1-2H3. The summed E-state index contributed by atoms with van der Waals surface area (Å²) in [6.07, 6.45) is 0. The van der Waals surface area contributed by atoms with E-state index in [1.54, 1.807) is 55.5 Å². The lowest BCUT2D eigenvalue weighted by Crippen LogP contribution is -2.33. The van der Waals surface area contributed by atoms with Gasteiger partial charge in [-0.25, -0.2) is 9.37 Å². The van der Waals surface area contributed by atoms with Gasteiger partial charge in [0.05, 0.1) is 23.4 Å². The highest BCUT2D eigenvalue weighted by molar-refractivity contribution is 6.07. The number of hydrogen-bond donors (Lipinski definition) is 0. The molecule has 0 fully saturated rings. The van der Waals surface area contributed by atoms with Gasteiger partial charge >= 0.3 is 5.97 Å². The van der Waals surface area contributed by atoms with E-state index < -0.39 is 11.8 Å². The van der Waals surface area contributed by atoms with Crippen LogP contribution in [0.3, 0.4) is 0 Å². The van der Waals surface area contributed by atoms with Crippen LogP contribution in [-0.2, 0) is 9.53 Å². The Balaban J connectivity index is 2.07. The lowest BCUT2D eigenvalue weighted by Gasteiger charge is -2.18. The second-order valence-corrected chi connectivity index (χ2v) is 6.02. The first-order valence-electron chi connectivity index (χ1n) is 8.57. The Kier molecular flexibility index (Phi) is 5.45. The van der Waals surface area contributed by atoms with E-state index in [1.807, 2.05) is 0 Å². The number of aromatic nitrogens is 1. The van der Waals surface area contributed by atoms with Crippen LogP contribution < -0.4 is 0 Å². The van der Waals surface area contributed by atoms with Gasteiger partial charge in [0, 0.05) is 18.0 Å². The number of para-hydroxylation sites is 1. The van der Waals surface area contributed by atoms with E-state index in [-0.39, 0.29) is 19.1 Å². The third-order valence-corrected chi connectivity index (χ3v) is 4.11. The van der Waals surface area contributed by atoms with Crippen LogP contribution in [0.4, 0.5) is 4.39 Å². The first-order valence-corrected chi connectivity index (χ1v) is 8.57. The number of nitrogens with zero attached hydrogens (tertiary/aromatic N) is 2. The van der Waals surface area contributed by atoms with Gasteiger partial charge in [0.2, 0.25) is 0 Å². The number of fused-ring (bicyclic) bond motifs is 1. The van der Waals surface area contributed by atoms with Crippen LogP contribution >= 0.6 is 0 Å². The molecule has 0 aliphatic carbocycles. The maximum absolute atomic E-state index is 14.2. The fourth-order valence-electron chi connectivity index (χ4n) is 2.84. The minimum Gasteiger partial charge on any atom is -0.465 e. The third-order valence-electron chi connectivity index (χ3n) is 4.11. The molecular formula is C21H19FN2O3. The largest absolute Gasteiger partial charge is 0.465 e. The summed E-state index contributed by atoms with van der Waals surface area (Å²) in [5.74, 6) is -1.26. The molecule has 0 aliphatic heterocycles. The molecular weight excluding hydrogens is 347 g/mol. The second-order valence-electron chi connectivity index (χ2n) is 6.02. The summed E-state index contributed by atoms with van der Waals surface area (Å²) in [6.45, 7) is 1.78. The molecule has 0 N–H and O–H groups in total. The predicted octanol–water partition coefficient (Wildman–Crippen LogP) is 3.68. The smallest absolute Gasteiger partial charge is 0.325 e. The second kappa shape index (κ2) is 7.95. The third kappa shape index (κ3) is 3.95. The van der Waals surface area contributed by atoms with E-state index in [0.717, 1.165) is 0 Å². The molecule has 3 rings (SSSR count). The van der Waals surface area contributed by atoms with Gasteiger partial charge in [0.25, 0.3) is 5.91 Å². The van der Waals surface area contributed by atoms with E-state index >= 15 is 0 Å². The molecule has 0 saturated carbocycles. The molecule has 1 aromatic heterocycles. The molecule has 6 heteroatoms. The number of ether oxygens (including phenoxy) is 1. The van der Waals surface area contributed by atoms with Crippen LogP contribution in [0.15, 0.2) is 54.6 Å². The number of esters is 1. The van der Waals surface area contributed by atoms with Gasteiger partial charge in [-0.1, -0.05) is 30.3 Å². The highest BCUT2D eigenvalue weighted by Gasteiger charge is 2.20. The summed E-state index contributed by atoms with van der Waals surface area (Å²) in [6, 6.07) is 15.0. The molecule has 1 heterocycles. The Morgan fingerprint density at radius 1 is 1.11 bits per heavy atom. The van der Waals surface area contributed by atoms with Crippen molar-refractivity contribution < 1.29 is 18.7 Å². The van der Waals surface area contributed by atoms with Crippen molar-refractivity contribution in [3.8, 4) is 11.3 Å². The first-order chi connectivity index (χ1) is 13.0. The molecule has 0 saturated heterocycles. The van der Waals surface area contributed by atoms with Crippen LogP contribution in [0.1, 0.15) is 17.3 Å². The van der Waals surface area contributed by atoms with Crippen molar-refractivity contribution in [1.82, 2.24) is 9.88 Å². The van der Waals surface area contributed by atoms with Crippen LogP contribution in [0.5, 0.6) is 0 Å². The molecule has 0 unspecified atom stereocenters.